The highest BCUT2D eigenvalue weighted by atomic mass is 32.1. The Labute approximate surface area is 131 Å². The van der Waals surface area contributed by atoms with E-state index in [-0.39, 0.29) is 0 Å². The number of hydrogen-bond acceptors (Lipinski definition) is 5. The largest absolute Gasteiger partial charge is 0.310 e. The molecular formula is C15H25N5S. The van der Waals surface area contributed by atoms with E-state index in [2.05, 4.69) is 52.8 Å². The van der Waals surface area contributed by atoms with Crippen LogP contribution in [-0.2, 0) is 26.7 Å². The zero-order chi connectivity index (χ0) is 15.2. The molecule has 0 bridgehead atoms. The molecule has 2 rings (SSSR count). The number of hydrogen-bond donors (Lipinski definition) is 1. The molecule has 2 heterocycles. The molecule has 2 aromatic rings. The Hall–Kier alpha value is -1.24. The first kappa shape index (κ1) is 16.1. The third kappa shape index (κ3) is 5.57. The standard InChI is InChI=1S/C15H25N5S/c1-12(2)5-16-7-15-18-14(11-21-15)10-19(3)8-13-6-17-20(4)9-13/h6,9,11-12,16H,5,7-8,10H2,1-4H3. The Morgan fingerprint density at radius 1 is 1.38 bits per heavy atom. The number of thiazole rings is 1. The highest BCUT2D eigenvalue weighted by Gasteiger charge is 2.07. The summed E-state index contributed by atoms with van der Waals surface area (Å²) in [4.78, 5) is 6.95. The van der Waals surface area contributed by atoms with Crippen molar-refractivity contribution in [1.29, 1.82) is 0 Å². The lowest BCUT2D eigenvalue weighted by Crippen LogP contribution is -2.19. The average molecular weight is 307 g/mol. The molecule has 0 aliphatic rings. The summed E-state index contributed by atoms with van der Waals surface area (Å²) in [6.45, 7) is 8.11. The van der Waals surface area contributed by atoms with Crippen LogP contribution in [0.4, 0.5) is 0 Å². The molecular weight excluding hydrogens is 282 g/mol. The Morgan fingerprint density at radius 3 is 2.86 bits per heavy atom. The minimum atomic E-state index is 0.676. The number of nitrogens with zero attached hydrogens (tertiary/aromatic N) is 4. The summed E-state index contributed by atoms with van der Waals surface area (Å²) in [7, 11) is 4.06. The summed E-state index contributed by atoms with van der Waals surface area (Å²) < 4.78 is 1.84. The smallest absolute Gasteiger partial charge is 0.107 e. The molecule has 0 atom stereocenters. The van der Waals surface area contributed by atoms with Crippen molar-refractivity contribution in [3.8, 4) is 0 Å². The second-order valence-electron chi connectivity index (χ2n) is 5.95. The van der Waals surface area contributed by atoms with E-state index >= 15 is 0 Å². The highest BCUT2D eigenvalue weighted by Crippen LogP contribution is 2.12. The monoisotopic (exact) mass is 307 g/mol. The van der Waals surface area contributed by atoms with Crippen LogP contribution in [0, 0.1) is 5.92 Å². The summed E-state index contributed by atoms with van der Waals surface area (Å²) in [5.41, 5.74) is 2.38. The summed E-state index contributed by atoms with van der Waals surface area (Å²) in [5.74, 6) is 0.676. The molecule has 0 radical (unpaired) electrons. The number of aromatic nitrogens is 3. The first-order valence-corrected chi connectivity index (χ1v) is 8.21. The average Bonchev–Trinajstić information content (AvgIpc) is 2.98. The van der Waals surface area contributed by atoms with Crippen molar-refractivity contribution in [2.45, 2.75) is 33.5 Å². The van der Waals surface area contributed by atoms with Crippen LogP contribution in [-0.4, -0.2) is 33.3 Å². The predicted octanol–water partition coefficient (Wildman–Crippen LogP) is 2.25. The van der Waals surface area contributed by atoms with Crippen molar-refractivity contribution in [3.63, 3.8) is 0 Å². The van der Waals surface area contributed by atoms with Crippen molar-refractivity contribution in [1.82, 2.24) is 25.0 Å². The van der Waals surface area contributed by atoms with Gasteiger partial charge in [0, 0.05) is 43.8 Å². The van der Waals surface area contributed by atoms with E-state index < -0.39 is 0 Å². The Balaban J connectivity index is 1.78. The van der Waals surface area contributed by atoms with E-state index in [0.717, 1.165) is 31.9 Å². The van der Waals surface area contributed by atoms with Gasteiger partial charge in [0.2, 0.25) is 0 Å². The number of nitrogens with one attached hydrogen (secondary N) is 1. The van der Waals surface area contributed by atoms with Crippen molar-refractivity contribution >= 4 is 11.3 Å². The van der Waals surface area contributed by atoms with Crippen LogP contribution in [0.2, 0.25) is 0 Å². The van der Waals surface area contributed by atoms with Crippen LogP contribution < -0.4 is 5.32 Å². The second-order valence-corrected chi connectivity index (χ2v) is 6.89. The van der Waals surface area contributed by atoms with Gasteiger partial charge in [0.25, 0.3) is 0 Å². The van der Waals surface area contributed by atoms with Crippen molar-refractivity contribution < 1.29 is 0 Å². The normalized spacial score (nSPS) is 11.7. The third-order valence-electron chi connectivity index (χ3n) is 3.07. The van der Waals surface area contributed by atoms with Gasteiger partial charge in [-0.15, -0.1) is 11.3 Å². The fourth-order valence-electron chi connectivity index (χ4n) is 2.17. The summed E-state index contributed by atoms with van der Waals surface area (Å²) >= 11 is 1.74. The molecule has 6 heteroatoms. The summed E-state index contributed by atoms with van der Waals surface area (Å²) in [6, 6.07) is 0. The minimum absolute atomic E-state index is 0.676. The van der Waals surface area contributed by atoms with Gasteiger partial charge in [-0.05, 0) is 19.5 Å². The van der Waals surface area contributed by atoms with Crippen LogP contribution in [0.1, 0.15) is 30.1 Å². The fraction of sp³-hybridized carbons (Fsp3) is 0.600. The van der Waals surface area contributed by atoms with E-state index in [1.165, 1.54) is 10.6 Å². The maximum Gasteiger partial charge on any atom is 0.107 e. The second kappa shape index (κ2) is 7.68. The predicted molar refractivity (Wildman–Crippen MR) is 87.0 cm³/mol. The molecule has 116 valence electrons. The Bertz CT molecular complexity index is 546. The first-order valence-electron chi connectivity index (χ1n) is 7.33. The van der Waals surface area contributed by atoms with Crippen molar-refractivity contribution in [2.75, 3.05) is 13.6 Å². The van der Waals surface area contributed by atoms with Crippen LogP contribution in [0.15, 0.2) is 17.8 Å². The molecule has 0 saturated carbocycles. The SMILES string of the molecule is CC(C)CNCc1nc(CN(C)Cc2cnn(C)c2)cs1. The van der Waals surface area contributed by atoms with Gasteiger partial charge in [0.05, 0.1) is 11.9 Å². The maximum atomic E-state index is 4.69. The zero-order valence-corrected chi connectivity index (χ0v) is 14.2. The molecule has 0 saturated heterocycles. The Kier molecular flexibility index (Phi) is 5.90. The summed E-state index contributed by atoms with van der Waals surface area (Å²) in [6.07, 6.45) is 3.97. The van der Waals surface area contributed by atoms with E-state index in [0.29, 0.717) is 5.92 Å². The first-order chi connectivity index (χ1) is 10.0. The molecule has 0 spiro atoms. The van der Waals surface area contributed by atoms with E-state index in [9.17, 15) is 0 Å². The third-order valence-corrected chi connectivity index (χ3v) is 3.97. The Morgan fingerprint density at radius 2 is 2.19 bits per heavy atom. The zero-order valence-electron chi connectivity index (χ0n) is 13.3. The van der Waals surface area contributed by atoms with Gasteiger partial charge in [-0.1, -0.05) is 13.8 Å². The molecule has 0 aliphatic carbocycles. The van der Waals surface area contributed by atoms with Gasteiger partial charge in [0.1, 0.15) is 5.01 Å². The topological polar surface area (TPSA) is 46.0 Å². The fourth-order valence-corrected chi connectivity index (χ4v) is 2.92. The van der Waals surface area contributed by atoms with Crippen molar-refractivity contribution in [3.05, 3.63) is 34.0 Å². The van der Waals surface area contributed by atoms with Crippen LogP contribution in [0.3, 0.4) is 0 Å². The van der Waals surface area contributed by atoms with Gasteiger partial charge in [0.15, 0.2) is 0 Å². The molecule has 0 aliphatic heterocycles. The molecule has 5 nitrogen and oxygen atoms in total. The maximum absolute atomic E-state index is 4.69. The van der Waals surface area contributed by atoms with E-state index in [4.69, 9.17) is 0 Å². The quantitative estimate of drug-likeness (QED) is 0.812. The van der Waals surface area contributed by atoms with Gasteiger partial charge in [-0.25, -0.2) is 4.98 Å². The highest BCUT2D eigenvalue weighted by molar-refractivity contribution is 7.09. The molecule has 0 amide bonds. The van der Waals surface area contributed by atoms with Crippen LogP contribution in [0.25, 0.3) is 0 Å². The number of aryl methyl sites for hydroxylation is 1. The van der Waals surface area contributed by atoms with Crippen LogP contribution in [0.5, 0.6) is 0 Å². The molecule has 21 heavy (non-hydrogen) atoms. The molecule has 2 aromatic heterocycles. The number of rotatable bonds is 8. The molecule has 0 aromatic carbocycles. The van der Waals surface area contributed by atoms with Crippen LogP contribution >= 0.6 is 11.3 Å². The van der Waals surface area contributed by atoms with Crippen molar-refractivity contribution in [2.24, 2.45) is 13.0 Å². The van der Waals surface area contributed by atoms with Gasteiger partial charge < -0.3 is 5.32 Å². The minimum Gasteiger partial charge on any atom is -0.310 e. The molecule has 1 N–H and O–H groups in total. The lowest BCUT2D eigenvalue weighted by molar-refractivity contribution is 0.315. The molecule has 0 unspecified atom stereocenters. The summed E-state index contributed by atoms with van der Waals surface area (Å²) in [5, 5.41) is 11.0. The van der Waals surface area contributed by atoms with Gasteiger partial charge in [-0.3, -0.25) is 9.58 Å². The van der Waals surface area contributed by atoms with Gasteiger partial charge >= 0.3 is 0 Å². The van der Waals surface area contributed by atoms with E-state index in [1.807, 2.05) is 17.9 Å². The lowest BCUT2D eigenvalue weighted by Gasteiger charge is -2.13. The van der Waals surface area contributed by atoms with E-state index in [1.54, 1.807) is 11.3 Å². The van der Waals surface area contributed by atoms with Gasteiger partial charge in [-0.2, -0.15) is 5.10 Å². The molecule has 0 fully saturated rings. The lowest BCUT2D eigenvalue weighted by atomic mass is 10.2.